The van der Waals surface area contributed by atoms with Crippen LogP contribution in [-0.4, -0.2) is 24.2 Å². The second kappa shape index (κ2) is 8.26. The molecule has 0 bridgehead atoms. The first-order chi connectivity index (χ1) is 13.2. The van der Waals surface area contributed by atoms with Crippen molar-refractivity contribution in [1.82, 2.24) is 5.16 Å². The summed E-state index contributed by atoms with van der Waals surface area (Å²) in [5, 5.41) is 15.7. The van der Waals surface area contributed by atoms with Crippen molar-refractivity contribution in [3.05, 3.63) is 17.0 Å². The van der Waals surface area contributed by atoms with Crippen LogP contribution in [0.15, 0.2) is 4.52 Å². The third kappa shape index (κ3) is 5.15. The molecule has 1 atom stereocenters. The highest BCUT2D eigenvalue weighted by molar-refractivity contribution is 5.70. The third-order valence-electron chi connectivity index (χ3n) is 6.00. The van der Waals surface area contributed by atoms with Crippen molar-refractivity contribution in [3.8, 4) is 0 Å². The lowest BCUT2D eigenvalue weighted by molar-refractivity contribution is -0.306. The van der Waals surface area contributed by atoms with Crippen LogP contribution in [0, 0.1) is 11.3 Å². The van der Waals surface area contributed by atoms with Crippen molar-refractivity contribution >= 4 is 11.9 Å². The molecule has 2 aliphatic rings. The van der Waals surface area contributed by atoms with E-state index in [2.05, 4.69) is 25.9 Å². The standard InChI is InChI=1S/C22H33NO5/c1-22(2,3)12-13-9-16(10-13)20-19(14-5-6-14)21(28-23-20)15(11-17(24)25)7-8-18(26)27-4/h13-16H,5-12H2,1-4H3,(H,24,25)/p-1/t13?,15-,16?/m0/s1. The van der Waals surface area contributed by atoms with E-state index in [0.29, 0.717) is 29.4 Å². The van der Waals surface area contributed by atoms with E-state index in [4.69, 9.17) is 9.26 Å². The average molecular weight is 391 g/mol. The smallest absolute Gasteiger partial charge is 0.305 e. The molecule has 3 rings (SSSR count). The maximum Gasteiger partial charge on any atom is 0.305 e. The lowest BCUT2D eigenvalue weighted by Crippen LogP contribution is -2.27. The van der Waals surface area contributed by atoms with E-state index in [1.807, 2.05) is 0 Å². The zero-order valence-corrected chi connectivity index (χ0v) is 17.5. The van der Waals surface area contributed by atoms with E-state index >= 15 is 0 Å². The molecule has 6 nitrogen and oxygen atoms in total. The van der Waals surface area contributed by atoms with Crippen molar-refractivity contribution in [1.29, 1.82) is 0 Å². The number of nitrogens with zero attached hydrogens (tertiary/aromatic N) is 1. The molecule has 0 aliphatic heterocycles. The maximum atomic E-state index is 11.6. The second-order valence-corrected chi connectivity index (χ2v) is 9.81. The summed E-state index contributed by atoms with van der Waals surface area (Å²) in [6.45, 7) is 6.82. The number of esters is 1. The van der Waals surface area contributed by atoms with E-state index in [-0.39, 0.29) is 18.8 Å². The molecule has 1 aromatic heterocycles. The molecule has 2 aliphatic carbocycles. The molecule has 2 saturated carbocycles. The number of rotatable bonds is 9. The maximum absolute atomic E-state index is 11.6. The first-order valence-corrected chi connectivity index (χ1v) is 10.4. The molecule has 6 heteroatoms. The Bertz CT molecular complexity index is 707. The Balaban J connectivity index is 1.76. The van der Waals surface area contributed by atoms with Gasteiger partial charge in [-0.2, -0.15) is 0 Å². The zero-order valence-electron chi connectivity index (χ0n) is 17.5. The number of carboxylic acids is 1. The third-order valence-corrected chi connectivity index (χ3v) is 6.00. The zero-order chi connectivity index (χ0) is 20.5. The number of ether oxygens (including phenoxy) is 1. The van der Waals surface area contributed by atoms with Crippen molar-refractivity contribution in [3.63, 3.8) is 0 Å². The molecule has 0 amide bonds. The van der Waals surface area contributed by atoms with Gasteiger partial charge in [-0.05, 0) is 62.2 Å². The predicted molar refractivity (Wildman–Crippen MR) is 102 cm³/mol. The Labute approximate surface area is 167 Å². The molecular formula is C22H32NO5-. The fourth-order valence-corrected chi connectivity index (χ4v) is 4.61. The molecule has 2 fully saturated rings. The molecule has 0 spiro atoms. The predicted octanol–water partition coefficient (Wildman–Crippen LogP) is 3.66. The van der Waals surface area contributed by atoms with Gasteiger partial charge < -0.3 is 19.2 Å². The van der Waals surface area contributed by atoms with Crippen molar-refractivity contribution in [2.75, 3.05) is 7.11 Å². The molecule has 28 heavy (non-hydrogen) atoms. The molecule has 0 unspecified atom stereocenters. The summed E-state index contributed by atoms with van der Waals surface area (Å²) in [6, 6.07) is 0. The van der Waals surface area contributed by atoms with Crippen LogP contribution in [-0.2, 0) is 14.3 Å². The highest BCUT2D eigenvalue weighted by atomic mass is 16.5. The molecule has 0 saturated heterocycles. The minimum Gasteiger partial charge on any atom is -0.550 e. The number of methoxy groups -OCH3 is 1. The summed E-state index contributed by atoms with van der Waals surface area (Å²) in [7, 11) is 1.34. The van der Waals surface area contributed by atoms with Crippen molar-refractivity contribution in [2.24, 2.45) is 11.3 Å². The molecule has 0 aromatic carbocycles. The second-order valence-electron chi connectivity index (χ2n) is 9.81. The summed E-state index contributed by atoms with van der Waals surface area (Å²) in [5.74, 6) is 0.320. The van der Waals surface area contributed by atoms with E-state index in [0.717, 1.165) is 42.9 Å². The van der Waals surface area contributed by atoms with Gasteiger partial charge in [0.15, 0.2) is 0 Å². The van der Waals surface area contributed by atoms with Gasteiger partial charge in [-0.1, -0.05) is 25.9 Å². The van der Waals surface area contributed by atoms with Crippen LogP contribution in [0.3, 0.4) is 0 Å². The number of carbonyl (C=O) groups is 2. The fraction of sp³-hybridized carbons (Fsp3) is 0.773. The van der Waals surface area contributed by atoms with E-state index in [1.54, 1.807) is 0 Å². The number of hydrogen-bond donors (Lipinski definition) is 0. The number of aromatic nitrogens is 1. The van der Waals surface area contributed by atoms with Gasteiger partial charge >= 0.3 is 5.97 Å². The quantitative estimate of drug-likeness (QED) is 0.598. The summed E-state index contributed by atoms with van der Waals surface area (Å²) < 4.78 is 10.4. The van der Waals surface area contributed by atoms with Gasteiger partial charge in [0.05, 0.1) is 12.8 Å². The molecule has 156 valence electrons. The first kappa shape index (κ1) is 20.9. The minimum absolute atomic E-state index is 0.158. The number of carbonyl (C=O) groups excluding carboxylic acids is 2. The average Bonchev–Trinajstić information content (AvgIpc) is 3.32. The summed E-state index contributed by atoms with van der Waals surface area (Å²) in [6.07, 6.45) is 6.00. The van der Waals surface area contributed by atoms with Gasteiger partial charge in [-0.3, -0.25) is 4.79 Å². The van der Waals surface area contributed by atoms with Gasteiger partial charge in [-0.15, -0.1) is 0 Å². The van der Waals surface area contributed by atoms with Gasteiger partial charge in [0, 0.05) is 29.8 Å². The van der Waals surface area contributed by atoms with Crippen LogP contribution in [0.5, 0.6) is 0 Å². The Morgan fingerprint density at radius 3 is 2.46 bits per heavy atom. The molecular weight excluding hydrogens is 358 g/mol. The highest BCUT2D eigenvalue weighted by Gasteiger charge is 2.41. The lowest BCUT2D eigenvalue weighted by atomic mass is 9.66. The Morgan fingerprint density at radius 2 is 1.93 bits per heavy atom. The minimum atomic E-state index is -1.14. The van der Waals surface area contributed by atoms with Crippen LogP contribution >= 0.6 is 0 Å². The highest BCUT2D eigenvalue weighted by Crippen LogP contribution is 2.53. The Kier molecular flexibility index (Phi) is 6.15. The van der Waals surface area contributed by atoms with E-state index < -0.39 is 11.9 Å². The number of carboxylic acid groups (broad SMARTS) is 1. The van der Waals surface area contributed by atoms with Gasteiger partial charge in [0.25, 0.3) is 0 Å². The topological polar surface area (TPSA) is 92.5 Å². The monoisotopic (exact) mass is 390 g/mol. The molecule has 0 radical (unpaired) electrons. The summed E-state index contributed by atoms with van der Waals surface area (Å²) in [4.78, 5) is 22.8. The van der Waals surface area contributed by atoms with Crippen LogP contribution in [0.2, 0.25) is 0 Å². The SMILES string of the molecule is COC(=O)CC[C@@H](CC(=O)[O-])c1onc(C2CC(CC(C)(C)C)C2)c1C1CC1. The van der Waals surface area contributed by atoms with Gasteiger partial charge in [0.1, 0.15) is 5.76 Å². The lowest BCUT2D eigenvalue weighted by Gasteiger charge is -2.38. The normalized spacial score (nSPS) is 23.1. The summed E-state index contributed by atoms with van der Waals surface area (Å²) >= 11 is 0. The van der Waals surface area contributed by atoms with Crippen LogP contribution in [0.25, 0.3) is 0 Å². The van der Waals surface area contributed by atoms with Crippen molar-refractivity contribution in [2.45, 2.75) is 89.9 Å². The largest absolute Gasteiger partial charge is 0.550 e. The number of aliphatic carboxylic acids is 1. The van der Waals surface area contributed by atoms with E-state index in [9.17, 15) is 14.7 Å². The molecule has 1 heterocycles. The number of hydrogen-bond acceptors (Lipinski definition) is 6. The van der Waals surface area contributed by atoms with Gasteiger partial charge in [0.2, 0.25) is 0 Å². The van der Waals surface area contributed by atoms with Crippen LogP contribution in [0.4, 0.5) is 0 Å². The van der Waals surface area contributed by atoms with Crippen LogP contribution < -0.4 is 5.11 Å². The van der Waals surface area contributed by atoms with Gasteiger partial charge in [-0.25, -0.2) is 0 Å². The fourth-order valence-electron chi connectivity index (χ4n) is 4.61. The Hall–Kier alpha value is -1.85. The van der Waals surface area contributed by atoms with Crippen molar-refractivity contribution < 1.29 is 24.0 Å². The summed E-state index contributed by atoms with van der Waals surface area (Å²) in [5.41, 5.74) is 2.48. The van der Waals surface area contributed by atoms with E-state index in [1.165, 1.54) is 13.5 Å². The molecule has 1 aromatic rings. The van der Waals surface area contributed by atoms with Crippen LogP contribution in [0.1, 0.15) is 107 Å². The first-order valence-electron chi connectivity index (χ1n) is 10.4. The molecule has 0 N–H and O–H groups in total. The Morgan fingerprint density at radius 1 is 1.25 bits per heavy atom.